The highest BCUT2D eigenvalue weighted by atomic mass is 19.1. The number of pyridine rings is 1. The molecule has 1 fully saturated rings. The number of anilines is 1. The van der Waals surface area contributed by atoms with E-state index < -0.39 is 0 Å². The number of nitrogens with zero attached hydrogens (tertiary/aromatic N) is 2. The van der Waals surface area contributed by atoms with Crippen LogP contribution in [0.5, 0.6) is 5.75 Å². The minimum atomic E-state index is -0.247. The van der Waals surface area contributed by atoms with Gasteiger partial charge in [-0.25, -0.2) is 9.37 Å². The first-order valence-electron chi connectivity index (χ1n) is 8.65. The van der Waals surface area contributed by atoms with Crippen molar-refractivity contribution >= 4 is 5.82 Å². The predicted octanol–water partition coefficient (Wildman–Crippen LogP) is 3.36. The number of halogens is 1. The van der Waals surface area contributed by atoms with E-state index >= 15 is 0 Å². The van der Waals surface area contributed by atoms with E-state index in [4.69, 9.17) is 4.74 Å². The maximum Gasteiger partial charge on any atom is 0.169 e. The van der Waals surface area contributed by atoms with Gasteiger partial charge in [0.2, 0.25) is 0 Å². The Morgan fingerprint density at radius 2 is 2.04 bits per heavy atom. The van der Waals surface area contributed by atoms with E-state index in [0.29, 0.717) is 17.9 Å². The first-order chi connectivity index (χ1) is 11.8. The molecule has 0 unspecified atom stereocenters. The zero-order valence-electron chi connectivity index (χ0n) is 13.7. The lowest BCUT2D eigenvalue weighted by atomic mass is 10.2. The quantitative estimate of drug-likeness (QED) is 0.914. The van der Waals surface area contributed by atoms with Gasteiger partial charge in [0.25, 0.3) is 0 Å². The molecule has 1 saturated heterocycles. The van der Waals surface area contributed by atoms with Crippen molar-refractivity contribution in [3.8, 4) is 5.75 Å². The van der Waals surface area contributed by atoms with Gasteiger partial charge in [-0.05, 0) is 50.0 Å². The molecule has 0 saturated carbocycles. The number of hydrogen-bond acceptors (Lipinski definition) is 4. The summed E-state index contributed by atoms with van der Waals surface area (Å²) in [6.07, 6.45) is 3.42. The minimum absolute atomic E-state index is 0.247. The summed E-state index contributed by atoms with van der Waals surface area (Å²) in [6, 6.07) is 9.42. The molecule has 126 valence electrons. The summed E-state index contributed by atoms with van der Waals surface area (Å²) < 4.78 is 20.4. The van der Waals surface area contributed by atoms with Crippen molar-refractivity contribution in [3.63, 3.8) is 0 Å². The minimum Gasteiger partial charge on any atom is -0.484 e. The molecule has 0 amide bonds. The second-order valence-electron chi connectivity index (χ2n) is 6.49. The standard InChI is InChI=1S/C19H22FN3O/c20-18-15(12-23-10-1-2-11-23)4-3-5-17(18)24-13-16-7-6-14-8-9-21-19(14)22-16/h3-7H,1-2,8-13H2,(H,21,22). The van der Waals surface area contributed by atoms with Crippen LogP contribution in [0.1, 0.15) is 29.7 Å². The summed E-state index contributed by atoms with van der Waals surface area (Å²) in [4.78, 5) is 6.82. The van der Waals surface area contributed by atoms with E-state index in [2.05, 4.69) is 21.3 Å². The van der Waals surface area contributed by atoms with Gasteiger partial charge in [-0.15, -0.1) is 0 Å². The Labute approximate surface area is 141 Å². The molecule has 1 aromatic heterocycles. The Balaban J connectivity index is 1.44. The van der Waals surface area contributed by atoms with Crippen molar-refractivity contribution in [2.75, 3.05) is 25.0 Å². The molecule has 0 spiro atoms. The molecule has 2 aromatic rings. The number of rotatable bonds is 5. The van der Waals surface area contributed by atoms with Crippen molar-refractivity contribution in [2.45, 2.75) is 32.4 Å². The molecule has 4 rings (SSSR count). The molecule has 0 bridgehead atoms. The monoisotopic (exact) mass is 327 g/mol. The van der Waals surface area contributed by atoms with Crippen LogP contribution in [0.3, 0.4) is 0 Å². The summed E-state index contributed by atoms with van der Waals surface area (Å²) in [6.45, 7) is 3.97. The van der Waals surface area contributed by atoms with Crippen LogP contribution in [0.15, 0.2) is 30.3 Å². The average Bonchev–Trinajstić information content (AvgIpc) is 3.26. The van der Waals surface area contributed by atoms with Gasteiger partial charge in [0.05, 0.1) is 5.69 Å². The van der Waals surface area contributed by atoms with Gasteiger partial charge in [-0.2, -0.15) is 0 Å². The van der Waals surface area contributed by atoms with E-state index in [1.807, 2.05) is 18.2 Å². The van der Waals surface area contributed by atoms with Crippen LogP contribution in [0, 0.1) is 5.82 Å². The van der Waals surface area contributed by atoms with Crippen LogP contribution in [0.4, 0.5) is 10.2 Å². The number of likely N-dealkylation sites (tertiary alicyclic amines) is 1. The van der Waals surface area contributed by atoms with Crippen molar-refractivity contribution in [2.24, 2.45) is 0 Å². The van der Waals surface area contributed by atoms with Crippen LogP contribution in [0.2, 0.25) is 0 Å². The Morgan fingerprint density at radius 1 is 1.17 bits per heavy atom. The van der Waals surface area contributed by atoms with Crippen LogP contribution >= 0.6 is 0 Å². The van der Waals surface area contributed by atoms with Crippen molar-refractivity contribution in [3.05, 3.63) is 53.0 Å². The zero-order chi connectivity index (χ0) is 16.4. The fourth-order valence-corrected chi connectivity index (χ4v) is 3.40. The van der Waals surface area contributed by atoms with E-state index in [1.165, 1.54) is 18.4 Å². The second-order valence-corrected chi connectivity index (χ2v) is 6.49. The Hall–Kier alpha value is -2.14. The first kappa shape index (κ1) is 15.4. The molecular formula is C19H22FN3O. The van der Waals surface area contributed by atoms with E-state index in [9.17, 15) is 4.39 Å². The van der Waals surface area contributed by atoms with Crippen molar-refractivity contribution < 1.29 is 9.13 Å². The Morgan fingerprint density at radius 3 is 2.92 bits per heavy atom. The number of nitrogens with one attached hydrogen (secondary N) is 1. The molecule has 0 atom stereocenters. The number of ether oxygens (including phenoxy) is 1. The summed E-state index contributed by atoms with van der Waals surface area (Å²) in [5.41, 5.74) is 2.75. The maximum absolute atomic E-state index is 14.7. The van der Waals surface area contributed by atoms with Crippen LogP contribution in [0.25, 0.3) is 0 Å². The molecule has 3 heterocycles. The SMILES string of the molecule is Fc1c(CN2CCCC2)cccc1OCc1ccc2c(n1)NCC2. The van der Waals surface area contributed by atoms with Crippen LogP contribution in [-0.4, -0.2) is 29.5 Å². The third-order valence-electron chi connectivity index (χ3n) is 4.73. The largest absolute Gasteiger partial charge is 0.484 e. The molecule has 2 aliphatic heterocycles. The number of hydrogen-bond donors (Lipinski definition) is 1. The van der Waals surface area contributed by atoms with Crippen molar-refractivity contribution in [1.82, 2.24) is 9.88 Å². The molecule has 0 radical (unpaired) electrons. The fourth-order valence-electron chi connectivity index (χ4n) is 3.40. The maximum atomic E-state index is 14.7. The van der Waals surface area contributed by atoms with Crippen LogP contribution in [-0.2, 0) is 19.6 Å². The lowest BCUT2D eigenvalue weighted by Crippen LogP contribution is -2.19. The molecule has 1 aromatic carbocycles. The van der Waals surface area contributed by atoms with Gasteiger partial charge in [-0.3, -0.25) is 4.90 Å². The molecule has 5 heteroatoms. The topological polar surface area (TPSA) is 37.4 Å². The van der Waals surface area contributed by atoms with Gasteiger partial charge in [-0.1, -0.05) is 18.2 Å². The molecule has 24 heavy (non-hydrogen) atoms. The van der Waals surface area contributed by atoms with E-state index in [1.54, 1.807) is 6.07 Å². The normalized spacial score (nSPS) is 16.9. The fraction of sp³-hybridized carbons (Fsp3) is 0.421. The smallest absolute Gasteiger partial charge is 0.169 e. The second kappa shape index (κ2) is 6.77. The first-order valence-corrected chi connectivity index (χ1v) is 8.65. The zero-order valence-corrected chi connectivity index (χ0v) is 13.7. The van der Waals surface area contributed by atoms with E-state index in [0.717, 1.165) is 37.6 Å². The third kappa shape index (κ3) is 3.22. The summed E-state index contributed by atoms with van der Waals surface area (Å²) in [5, 5.41) is 3.25. The lowest BCUT2D eigenvalue weighted by molar-refractivity contribution is 0.279. The highest BCUT2D eigenvalue weighted by Gasteiger charge is 2.17. The number of fused-ring (bicyclic) bond motifs is 1. The summed E-state index contributed by atoms with van der Waals surface area (Å²) in [7, 11) is 0. The highest BCUT2D eigenvalue weighted by Crippen LogP contribution is 2.25. The van der Waals surface area contributed by atoms with E-state index in [-0.39, 0.29) is 12.4 Å². The molecule has 1 N–H and O–H groups in total. The van der Waals surface area contributed by atoms with Crippen LogP contribution < -0.4 is 10.1 Å². The summed E-state index contributed by atoms with van der Waals surface area (Å²) in [5.74, 6) is 0.991. The molecule has 0 aliphatic carbocycles. The Kier molecular flexibility index (Phi) is 4.34. The van der Waals surface area contributed by atoms with Gasteiger partial charge < -0.3 is 10.1 Å². The van der Waals surface area contributed by atoms with Gasteiger partial charge in [0.1, 0.15) is 12.4 Å². The van der Waals surface area contributed by atoms with Gasteiger partial charge in [0, 0.05) is 18.7 Å². The average molecular weight is 327 g/mol. The van der Waals surface area contributed by atoms with Gasteiger partial charge in [0.15, 0.2) is 11.6 Å². The lowest BCUT2D eigenvalue weighted by Gasteiger charge is -2.16. The van der Waals surface area contributed by atoms with Crippen molar-refractivity contribution in [1.29, 1.82) is 0 Å². The van der Waals surface area contributed by atoms with Gasteiger partial charge >= 0.3 is 0 Å². The molecule has 4 nitrogen and oxygen atoms in total. The summed E-state index contributed by atoms with van der Waals surface area (Å²) >= 11 is 0. The Bertz CT molecular complexity index is 729. The molecular weight excluding hydrogens is 305 g/mol. The molecule has 2 aliphatic rings. The third-order valence-corrected chi connectivity index (χ3v) is 4.73. The number of benzene rings is 1. The predicted molar refractivity (Wildman–Crippen MR) is 91.7 cm³/mol. The highest BCUT2D eigenvalue weighted by molar-refractivity contribution is 5.49. The number of aromatic nitrogens is 1.